The van der Waals surface area contributed by atoms with Crippen molar-refractivity contribution >= 4 is 17.2 Å². The first-order chi connectivity index (χ1) is 16.4. The maximum absolute atomic E-state index is 13.1. The molecule has 4 aromatic rings. The zero-order chi connectivity index (χ0) is 24.2. The normalized spacial score (nSPS) is 11.8. The lowest BCUT2D eigenvalue weighted by atomic mass is 10.2. The predicted molar refractivity (Wildman–Crippen MR) is 137 cm³/mol. The minimum atomic E-state index is -0.0778. The fraction of sp³-hybridized carbons (Fsp3) is 0.259. The maximum atomic E-state index is 13.1. The maximum Gasteiger partial charge on any atom is 0.253 e. The van der Waals surface area contributed by atoms with Crippen molar-refractivity contribution in [3.05, 3.63) is 71.2 Å². The van der Waals surface area contributed by atoms with Crippen LogP contribution in [0.3, 0.4) is 0 Å². The van der Waals surface area contributed by atoms with Crippen LogP contribution in [-0.4, -0.2) is 35.7 Å². The number of nitrogens with zero attached hydrogens (tertiary/aromatic N) is 2. The molecule has 0 fully saturated rings. The van der Waals surface area contributed by atoms with Crippen LogP contribution in [-0.2, 0) is 0 Å². The van der Waals surface area contributed by atoms with Gasteiger partial charge in [-0.1, -0.05) is 6.92 Å². The summed E-state index contributed by atoms with van der Waals surface area (Å²) < 4.78 is 12.7. The summed E-state index contributed by atoms with van der Waals surface area (Å²) in [4.78, 5) is 18.0. The van der Waals surface area contributed by atoms with E-state index in [0.717, 1.165) is 51.3 Å². The zero-order valence-electron chi connectivity index (χ0n) is 20.1. The van der Waals surface area contributed by atoms with E-state index in [-0.39, 0.29) is 11.9 Å². The van der Waals surface area contributed by atoms with Crippen LogP contribution in [0.1, 0.15) is 36.3 Å². The molecular formula is C27H29N3O3S. The third kappa shape index (κ3) is 4.70. The number of methoxy groups -OCH3 is 2. The number of hydrogen-bond acceptors (Lipinski definition) is 5. The van der Waals surface area contributed by atoms with Crippen LogP contribution in [0.4, 0.5) is 0 Å². The second-order valence-corrected chi connectivity index (χ2v) is 8.97. The Morgan fingerprint density at radius 2 is 1.68 bits per heavy atom. The van der Waals surface area contributed by atoms with Gasteiger partial charge in [-0.15, -0.1) is 11.3 Å². The molecule has 2 aromatic heterocycles. The van der Waals surface area contributed by atoms with E-state index in [1.54, 1.807) is 25.6 Å². The molecule has 4 rings (SSSR count). The molecule has 0 aliphatic heterocycles. The van der Waals surface area contributed by atoms with E-state index in [2.05, 4.69) is 16.8 Å². The van der Waals surface area contributed by atoms with Gasteiger partial charge in [-0.3, -0.25) is 4.79 Å². The molecule has 0 aliphatic carbocycles. The third-order valence-corrected chi connectivity index (χ3v) is 6.81. The number of carbonyl (C=O) groups is 1. The fourth-order valence-electron chi connectivity index (χ4n) is 3.75. The summed E-state index contributed by atoms with van der Waals surface area (Å²) in [7, 11) is 3.30. The molecule has 34 heavy (non-hydrogen) atoms. The van der Waals surface area contributed by atoms with Crippen molar-refractivity contribution in [3.8, 4) is 39.1 Å². The highest BCUT2D eigenvalue weighted by Gasteiger charge is 2.22. The van der Waals surface area contributed by atoms with Gasteiger partial charge >= 0.3 is 0 Å². The SMILES string of the molecule is CCC(C)NC(=O)c1cc(-c2csc(-c3ccc(OC)cc3)n2)n(-c2ccc(OC)cc2)c1C. The van der Waals surface area contributed by atoms with Gasteiger partial charge in [0.1, 0.15) is 16.5 Å². The van der Waals surface area contributed by atoms with E-state index in [9.17, 15) is 4.79 Å². The summed E-state index contributed by atoms with van der Waals surface area (Å²) in [5.41, 5.74) is 5.15. The van der Waals surface area contributed by atoms with Gasteiger partial charge in [0.25, 0.3) is 5.91 Å². The van der Waals surface area contributed by atoms with Gasteiger partial charge in [0.15, 0.2) is 0 Å². The van der Waals surface area contributed by atoms with Gasteiger partial charge in [0, 0.05) is 28.4 Å². The Balaban J connectivity index is 1.79. The van der Waals surface area contributed by atoms with Gasteiger partial charge < -0.3 is 19.4 Å². The number of amides is 1. The topological polar surface area (TPSA) is 65.4 Å². The molecule has 1 amide bonds. The molecule has 0 radical (unpaired) electrons. The monoisotopic (exact) mass is 475 g/mol. The molecule has 0 bridgehead atoms. The summed E-state index contributed by atoms with van der Waals surface area (Å²) >= 11 is 1.57. The van der Waals surface area contributed by atoms with Crippen molar-refractivity contribution in [1.29, 1.82) is 0 Å². The van der Waals surface area contributed by atoms with Crippen molar-refractivity contribution in [2.24, 2.45) is 0 Å². The van der Waals surface area contributed by atoms with Gasteiger partial charge in [0.2, 0.25) is 0 Å². The van der Waals surface area contributed by atoms with Gasteiger partial charge in [-0.25, -0.2) is 4.98 Å². The lowest BCUT2D eigenvalue weighted by Gasteiger charge is -2.13. The molecule has 1 N–H and O–H groups in total. The molecule has 0 spiro atoms. The summed E-state index contributed by atoms with van der Waals surface area (Å²) in [6.07, 6.45) is 0.869. The average Bonchev–Trinajstić information content (AvgIpc) is 3.49. The van der Waals surface area contributed by atoms with Crippen LogP contribution in [0.5, 0.6) is 11.5 Å². The van der Waals surface area contributed by atoms with Crippen molar-refractivity contribution in [2.45, 2.75) is 33.2 Å². The van der Waals surface area contributed by atoms with E-state index >= 15 is 0 Å². The van der Waals surface area contributed by atoms with Gasteiger partial charge in [0.05, 0.1) is 31.2 Å². The highest BCUT2D eigenvalue weighted by molar-refractivity contribution is 7.13. The minimum absolute atomic E-state index is 0.0778. The van der Waals surface area contributed by atoms with Crippen LogP contribution in [0.25, 0.3) is 27.6 Å². The minimum Gasteiger partial charge on any atom is -0.497 e. The van der Waals surface area contributed by atoms with Crippen molar-refractivity contribution in [1.82, 2.24) is 14.9 Å². The van der Waals surface area contributed by atoms with E-state index in [1.807, 2.05) is 73.8 Å². The standard InChI is InChI=1S/C27H29N3O3S/c1-6-17(2)28-26(31)23-15-25(30(18(23)3)20-9-13-22(33-5)14-10-20)24-16-34-27(29-24)19-7-11-21(32-4)12-8-19/h7-17H,6H2,1-5H3,(H,28,31). The molecule has 176 valence electrons. The van der Waals surface area contributed by atoms with Crippen LogP contribution in [0.15, 0.2) is 60.0 Å². The van der Waals surface area contributed by atoms with E-state index in [4.69, 9.17) is 14.5 Å². The number of benzene rings is 2. The molecule has 2 aromatic carbocycles. The van der Waals surface area contributed by atoms with Crippen LogP contribution in [0.2, 0.25) is 0 Å². The van der Waals surface area contributed by atoms with Crippen LogP contribution < -0.4 is 14.8 Å². The zero-order valence-corrected chi connectivity index (χ0v) is 20.9. The largest absolute Gasteiger partial charge is 0.497 e. The Labute approximate surface area is 204 Å². The first-order valence-electron chi connectivity index (χ1n) is 11.2. The second-order valence-electron chi connectivity index (χ2n) is 8.11. The Morgan fingerprint density at radius 3 is 2.26 bits per heavy atom. The molecule has 0 aliphatic rings. The number of carbonyl (C=O) groups excluding carboxylic acids is 1. The molecule has 6 nitrogen and oxygen atoms in total. The molecule has 1 atom stereocenters. The lowest BCUT2D eigenvalue weighted by molar-refractivity contribution is 0.0938. The summed E-state index contributed by atoms with van der Waals surface area (Å²) in [5.74, 6) is 1.51. The highest BCUT2D eigenvalue weighted by atomic mass is 32.1. The first-order valence-corrected chi connectivity index (χ1v) is 12.1. The number of hydrogen-bond donors (Lipinski definition) is 1. The van der Waals surface area contributed by atoms with Crippen LogP contribution in [0, 0.1) is 6.92 Å². The van der Waals surface area contributed by atoms with Crippen molar-refractivity contribution in [3.63, 3.8) is 0 Å². The number of thiazole rings is 1. The van der Waals surface area contributed by atoms with Crippen LogP contribution >= 0.6 is 11.3 Å². The van der Waals surface area contributed by atoms with Gasteiger partial charge in [-0.05, 0) is 74.9 Å². The summed E-state index contributed by atoms with van der Waals surface area (Å²) in [6.45, 7) is 6.04. The van der Waals surface area contributed by atoms with E-state index in [0.29, 0.717) is 5.56 Å². The predicted octanol–water partition coefficient (Wildman–Crippen LogP) is 6.12. The molecule has 7 heteroatoms. The summed E-state index contributed by atoms with van der Waals surface area (Å²) in [5, 5.41) is 6.03. The van der Waals surface area contributed by atoms with E-state index < -0.39 is 0 Å². The summed E-state index contributed by atoms with van der Waals surface area (Å²) in [6, 6.07) is 17.7. The highest BCUT2D eigenvalue weighted by Crippen LogP contribution is 2.34. The number of rotatable bonds is 8. The Bertz CT molecular complexity index is 1270. The van der Waals surface area contributed by atoms with Gasteiger partial charge in [-0.2, -0.15) is 0 Å². The first kappa shape index (κ1) is 23.6. The number of aromatic nitrogens is 2. The smallest absolute Gasteiger partial charge is 0.253 e. The molecule has 0 saturated heterocycles. The van der Waals surface area contributed by atoms with E-state index in [1.165, 1.54) is 0 Å². The lowest BCUT2D eigenvalue weighted by Crippen LogP contribution is -2.32. The van der Waals surface area contributed by atoms with Crippen molar-refractivity contribution < 1.29 is 14.3 Å². The number of ether oxygens (including phenoxy) is 2. The Kier molecular flexibility index (Phi) is 7.03. The average molecular weight is 476 g/mol. The second kappa shape index (κ2) is 10.1. The molecule has 1 unspecified atom stereocenters. The quantitative estimate of drug-likeness (QED) is 0.333. The Hall–Kier alpha value is -3.58. The molecular weight excluding hydrogens is 446 g/mol. The Morgan fingerprint density at radius 1 is 1.06 bits per heavy atom. The third-order valence-electron chi connectivity index (χ3n) is 5.92. The molecule has 0 saturated carbocycles. The number of nitrogens with one attached hydrogen (secondary N) is 1. The van der Waals surface area contributed by atoms with Crippen molar-refractivity contribution in [2.75, 3.05) is 14.2 Å². The fourth-order valence-corrected chi connectivity index (χ4v) is 4.57. The molecule has 2 heterocycles.